The Morgan fingerprint density at radius 1 is 1.25 bits per heavy atom. The van der Waals surface area contributed by atoms with Gasteiger partial charge >= 0.3 is 27.3 Å². The summed E-state index contributed by atoms with van der Waals surface area (Å²) >= 11 is -0.735. The minimum Gasteiger partial charge on any atom is -0.335 e. The van der Waals surface area contributed by atoms with Crippen LogP contribution in [0.15, 0.2) is 0 Å². The molecule has 0 spiro atoms. The first-order chi connectivity index (χ1) is 7.36. The Labute approximate surface area is 97.7 Å². The predicted molar refractivity (Wildman–Crippen MR) is 53.4 cm³/mol. The average Bonchev–Trinajstić information content (AvgIpc) is 2.26. The Hall–Kier alpha value is -0.538. The number of halogens is 3. The van der Waals surface area contributed by atoms with Crippen LogP contribution in [0, 0.1) is 5.92 Å². The van der Waals surface area contributed by atoms with Gasteiger partial charge in [0.2, 0.25) is 0 Å². The van der Waals surface area contributed by atoms with Crippen molar-refractivity contribution < 1.29 is 22.8 Å². The van der Waals surface area contributed by atoms with Crippen LogP contribution >= 0.6 is 0 Å². The van der Waals surface area contributed by atoms with Gasteiger partial charge < -0.3 is 9.69 Å². The van der Waals surface area contributed by atoms with Gasteiger partial charge in [0.05, 0.1) is 0 Å². The first-order valence-electron chi connectivity index (χ1n) is 5.25. The van der Waals surface area contributed by atoms with Crippen LogP contribution in [-0.4, -0.2) is 49.9 Å². The highest BCUT2D eigenvalue weighted by Gasteiger charge is 2.43. The van der Waals surface area contributed by atoms with Crippen molar-refractivity contribution in [1.29, 1.82) is 0 Å². The van der Waals surface area contributed by atoms with E-state index in [2.05, 4.69) is 0 Å². The SMILES string of the molecule is [CH3][AlH][C](=O)C1CCN(C(=O)C(F)(F)F)CC1. The van der Waals surface area contributed by atoms with Crippen LogP contribution in [0.5, 0.6) is 0 Å². The molecular weight excluding hydrogens is 238 g/mol. The molecule has 1 aliphatic rings. The highest BCUT2D eigenvalue weighted by Crippen LogP contribution is 2.24. The molecular formula is C9H13AlF3NO2. The molecule has 1 rings (SSSR count). The number of alkyl halides is 3. The number of hydrogen-bond donors (Lipinski definition) is 0. The highest BCUT2D eigenvalue weighted by molar-refractivity contribution is 6.73. The lowest BCUT2D eigenvalue weighted by atomic mass is 9.98. The molecule has 1 fully saturated rings. The Bertz CT molecular complexity index is 285. The Morgan fingerprint density at radius 3 is 2.12 bits per heavy atom. The zero-order valence-corrected chi connectivity index (χ0v) is 10.4. The summed E-state index contributed by atoms with van der Waals surface area (Å²) in [5.41, 5.74) is 0. The standard InChI is InChI=1S/C8H9F3NO2.CH3.Al.H/c9-8(10,11)7(14)12-3-1-6(5-13)2-4-12;;;/h6H,1-4H2;1H3;;. The molecule has 1 saturated heterocycles. The van der Waals surface area contributed by atoms with Crippen LogP contribution in [0.3, 0.4) is 0 Å². The second-order valence-corrected chi connectivity index (χ2v) is 5.29. The molecule has 0 radical (unpaired) electrons. The minimum absolute atomic E-state index is 0.0448. The molecule has 7 heteroatoms. The van der Waals surface area contributed by atoms with E-state index in [0.717, 1.165) is 4.90 Å². The van der Waals surface area contributed by atoms with Gasteiger partial charge in [-0.1, -0.05) is 0 Å². The van der Waals surface area contributed by atoms with Gasteiger partial charge in [-0.2, -0.15) is 13.2 Å². The summed E-state index contributed by atoms with van der Waals surface area (Å²) in [6.45, 7) is 0.0896. The third-order valence-corrected chi connectivity index (χ3v) is 4.10. The number of amides is 1. The van der Waals surface area contributed by atoms with E-state index in [1.54, 1.807) is 0 Å². The van der Waals surface area contributed by atoms with Crippen LogP contribution in [0.25, 0.3) is 0 Å². The number of nitrogens with zero attached hydrogens (tertiary/aromatic N) is 1. The molecule has 0 saturated carbocycles. The summed E-state index contributed by atoms with van der Waals surface area (Å²) in [6.07, 6.45) is -4.04. The Kier molecular flexibility index (Phi) is 4.39. The van der Waals surface area contributed by atoms with Crippen LogP contribution < -0.4 is 0 Å². The van der Waals surface area contributed by atoms with E-state index in [4.69, 9.17) is 0 Å². The van der Waals surface area contributed by atoms with Gasteiger partial charge in [-0.25, -0.2) is 0 Å². The normalized spacial score (nSPS) is 18.4. The van der Waals surface area contributed by atoms with Crippen molar-refractivity contribution in [2.24, 2.45) is 5.92 Å². The van der Waals surface area contributed by atoms with E-state index in [9.17, 15) is 22.8 Å². The summed E-state index contributed by atoms with van der Waals surface area (Å²) in [5.74, 6) is -0.0312. The summed E-state index contributed by atoms with van der Waals surface area (Å²) in [4.78, 5) is 23.1. The van der Waals surface area contributed by atoms with E-state index in [1.165, 1.54) is 0 Å². The summed E-state index contributed by atoms with van der Waals surface area (Å²) in [6, 6.07) is 0. The molecule has 1 amide bonds. The maximum atomic E-state index is 12.1. The molecule has 90 valence electrons. The van der Waals surface area contributed by atoms with Crippen LogP contribution in [0.4, 0.5) is 13.2 Å². The van der Waals surface area contributed by atoms with Gasteiger partial charge in [0, 0.05) is 23.7 Å². The second-order valence-electron chi connectivity index (χ2n) is 3.88. The minimum atomic E-state index is -4.80. The number of rotatable bonds is 2. The van der Waals surface area contributed by atoms with E-state index < -0.39 is 27.3 Å². The quantitative estimate of drug-likeness (QED) is 0.681. The molecule has 16 heavy (non-hydrogen) atoms. The number of hydrogen-bond acceptors (Lipinski definition) is 2. The first kappa shape index (κ1) is 13.5. The van der Waals surface area contributed by atoms with Crippen LogP contribution in [0.1, 0.15) is 12.8 Å². The van der Waals surface area contributed by atoms with Gasteiger partial charge in [-0.15, -0.1) is 5.79 Å². The molecule has 0 atom stereocenters. The van der Waals surface area contributed by atoms with E-state index in [1.807, 2.05) is 5.79 Å². The molecule has 1 heterocycles. The predicted octanol–water partition coefficient (Wildman–Crippen LogP) is 0.799. The second kappa shape index (κ2) is 5.19. The van der Waals surface area contributed by atoms with Crippen molar-refractivity contribution in [2.75, 3.05) is 13.1 Å². The molecule has 0 aromatic carbocycles. The molecule has 3 nitrogen and oxygen atoms in total. The van der Waals surface area contributed by atoms with E-state index >= 15 is 0 Å². The van der Waals surface area contributed by atoms with Crippen molar-refractivity contribution >= 4 is 25.8 Å². The molecule has 0 aliphatic carbocycles. The number of likely N-dealkylation sites (tertiary alicyclic amines) is 1. The van der Waals surface area contributed by atoms with Crippen molar-refractivity contribution in [3.8, 4) is 0 Å². The highest BCUT2D eigenvalue weighted by atomic mass is 27.1. The lowest BCUT2D eigenvalue weighted by molar-refractivity contribution is -0.186. The van der Waals surface area contributed by atoms with Crippen LogP contribution in [-0.2, 0) is 9.59 Å². The topological polar surface area (TPSA) is 37.4 Å². The maximum Gasteiger partial charge on any atom is 0.471 e. The molecule has 0 bridgehead atoms. The number of carbonyl (C=O) groups excluding carboxylic acids is 2. The molecule has 0 aromatic heterocycles. The molecule has 0 N–H and O–H groups in total. The van der Waals surface area contributed by atoms with Gasteiger partial charge in [-0.05, 0) is 12.8 Å². The third kappa shape index (κ3) is 3.23. The zero-order chi connectivity index (χ0) is 12.3. The lowest BCUT2D eigenvalue weighted by Gasteiger charge is -2.31. The monoisotopic (exact) mass is 251 g/mol. The van der Waals surface area contributed by atoms with Gasteiger partial charge in [0.15, 0.2) is 0 Å². The van der Waals surface area contributed by atoms with E-state index in [-0.39, 0.29) is 23.7 Å². The Morgan fingerprint density at radius 2 is 1.75 bits per heavy atom. The fraction of sp³-hybridized carbons (Fsp3) is 0.778. The fourth-order valence-corrected chi connectivity index (χ4v) is 2.86. The zero-order valence-electron chi connectivity index (χ0n) is 9.01. The average molecular weight is 251 g/mol. The van der Waals surface area contributed by atoms with Gasteiger partial charge in [-0.3, -0.25) is 4.79 Å². The van der Waals surface area contributed by atoms with Crippen molar-refractivity contribution in [3.05, 3.63) is 0 Å². The molecule has 1 aliphatic heterocycles. The summed E-state index contributed by atoms with van der Waals surface area (Å²) < 4.78 is 36.5. The maximum absolute atomic E-state index is 12.1. The van der Waals surface area contributed by atoms with Gasteiger partial charge in [0.1, 0.15) is 0 Å². The summed E-state index contributed by atoms with van der Waals surface area (Å²) in [5, 5.41) is 0. The largest absolute Gasteiger partial charge is 0.471 e. The van der Waals surface area contributed by atoms with Crippen molar-refractivity contribution in [2.45, 2.75) is 24.8 Å². The number of piperidine rings is 1. The molecule has 0 unspecified atom stereocenters. The van der Waals surface area contributed by atoms with Crippen LogP contribution in [0.2, 0.25) is 5.79 Å². The van der Waals surface area contributed by atoms with Gasteiger partial charge in [0.25, 0.3) is 0 Å². The fourth-order valence-electron chi connectivity index (χ4n) is 1.87. The smallest absolute Gasteiger partial charge is 0.335 e. The number of carbonyl (C=O) groups is 2. The summed E-state index contributed by atoms with van der Waals surface area (Å²) in [7, 11) is 0. The first-order valence-corrected chi connectivity index (χ1v) is 7.37. The van der Waals surface area contributed by atoms with Crippen molar-refractivity contribution in [1.82, 2.24) is 4.90 Å². The lowest BCUT2D eigenvalue weighted by Crippen LogP contribution is -2.46. The van der Waals surface area contributed by atoms with Crippen molar-refractivity contribution in [3.63, 3.8) is 0 Å². The van der Waals surface area contributed by atoms with E-state index in [0.29, 0.717) is 12.8 Å². The molecule has 0 aromatic rings. The third-order valence-electron chi connectivity index (χ3n) is 2.83. The Balaban J connectivity index is 2.49.